The quantitative estimate of drug-likeness (QED) is 0.755. The van der Waals surface area contributed by atoms with Crippen molar-refractivity contribution in [1.29, 1.82) is 0 Å². The van der Waals surface area contributed by atoms with E-state index in [1.165, 1.54) is 19.3 Å². The van der Waals surface area contributed by atoms with Crippen LogP contribution in [0, 0.1) is 0 Å². The number of carboxylic acids is 1. The second kappa shape index (κ2) is 6.84. The normalized spacial score (nSPS) is 12.6. The minimum absolute atomic E-state index is 0.240. The fourth-order valence-electron chi connectivity index (χ4n) is 1.99. The second-order valence-corrected chi connectivity index (χ2v) is 5.37. The summed E-state index contributed by atoms with van der Waals surface area (Å²) in [5.74, 6) is -0.865. The van der Waals surface area contributed by atoms with Crippen LogP contribution in [0.4, 0.5) is 0 Å². The van der Waals surface area contributed by atoms with Crippen molar-refractivity contribution in [3.63, 3.8) is 0 Å². The van der Waals surface area contributed by atoms with Crippen LogP contribution in [0.25, 0.3) is 0 Å². The monoisotopic (exact) mass is 301 g/mol. The van der Waals surface area contributed by atoms with E-state index in [2.05, 4.69) is 29.8 Å². The Balaban J connectivity index is 2.61. The van der Waals surface area contributed by atoms with Gasteiger partial charge in [0.15, 0.2) is 0 Å². The lowest BCUT2D eigenvalue weighted by Gasteiger charge is -2.15. The highest BCUT2D eigenvalue weighted by Gasteiger charge is 2.15. The van der Waals surface area contributed by atoms with Gasteiger partial charge < -0.3 is 9.67 Å². The van der Waals surface area contributed by atoms with E-state index in [1.807, 2.05) is 10.8 Å². The third-order valence-electron chi connectivity index (χ3n) is 2.98. The second-order valence-electron chi connectivity index (χ2n) is 4.45. The number of carbonyl (C=O) groups is 1. The molecule has 1 aromatic rings. The molecule has 0 bridgehead atoms. The predicted octanol–water partition coefficient (Wildman–Crippen LogP) is 4.48. The summed E-state index contributed by atoms with van der Waals surface area (Å²) < 4.78 is 2.67. The molecule has 1 atom stereocenters. The average molecular weight is 302 g/mol. The van der Waals surface area contributed by atoms with Gasteiger partial charge in [0.1, 0.15) is 5.69 Å². The van der Waals surface area contributed by atoms with Crippen molar-refractivity contribution >= 4 is 21.9 Å². The number of hydrogen-bond donors (Lipinski definition) is 1. The van der Waals surface area contributed by atoms with E-state index < -0.39 is 5.97 Å². The zero-order valence-corrected chi connectivity index (χ0v) is 12.0. The summed E-state index contributed by atoms with van der Waals surface area (Å²) in [6, 6.07) is 1.90. The minimum atomic E-state index is -0.865. The Morgan fingerprint density at radius 2 is 2.18 bits per heavy atom. The molecule has 0 aliphatic rings. The molecular weight excluding hydrogens is 282 g/mol. The summed E-state index contributed by atoms with van der Waals surface area (Å²) >= 11 is 3.33. The molecular formula is C13H20BrNO2. The Kier molecular flexibility index (Phi) is 5.75. The largest absolute Gasteiger partial charge is 0.477 e. The SMILES string of the molecule is CCCCCCC(C)n1cc(Br)cc1C(=O)O. The molecule has 0 saturated heterocycles. The molecule has 17 heavy (non-hydrogen) atoms. The highest BCUT2D eigenvalue weighted by Crippen LogP contribution is 2.23. The van der Waals surface area contributed by atoms with Crippen LogP contribution in [0.2, 0.25) is 0 Å². The molecule has 0 spiro atoms. The zero-order chi connectivity index (χ0) is 12.8. The molecule has 0 fully saturated rings. The molecule has 1 aromatic heterocycles. The summed E-state index contributed by atoms with van der Waals surface area (Å²) in [4.78, 5) is 11.1. The number of aromatic nitrogens is 1. The molecule has 1 rings (SSSR count). The molecule has 0 saturated carbocycles. The lowest BCUT2D eigenvalue weighted by atomic mass is 10.1. The van der Waals surface area contributed by atoms with Gasteiger partial charge in [0, 0.05) is 16.7 Å². The van der Waals surface area contributed by atoms with Crippen LogP contribution in [0.15, 0.2) is 16.7 Å². The fraction of sp³-hybridized carbons (Fsp3) is 0.615. The number of nitrogens with zero attached hydrogens (tertiary/aromatic N) is 1. The van der Waals surface area contributed by atoms with Gasteiger partial charge in [-0.3, -0.25) is 0 Å². The molecule has 0 amide bonds. The van der Waals surface area contributed by atoms with Crippen LogP contribution < -0.4 is 0 Å². The van der Waals surface area contributed by atoms with Crippen molar-refractivity contribution in [2.24, 2.45) is 0 Å². The number of aromatic carboxylic acids is 1. The predicted molar refractivity (Wildman–Crippen MR) is 72.6 cm³/mol. The first kappa shape index (κ1) is 14.3. The van der Waals surface area contributed by atoms with Crippen molar-refractivity contribution in [1.82, 2.24) is 4.57 Å². The maximum atomic E-state index is 11.1. The van der Waals surface area contributed by atoms with Crippen LogP contribution >= 0.6 is 15.9 Å². The molecule has 0 aliphatic heterocycles. The van der Waals surface area contributed by atoms with Gasteiger partial charge in [-0.25, -0.2) is 4.79 Å². The topological polar surface area (TPSA) is 42.2 Å². The third kappa shape index (κ3) is 4.19. The van der Waals surface area contributed by atoms with Gasteiger partial charge in [-0.15, -0.1) is 0 Å². The molecule has 96 valence electrons. The molecule has 0 aromatic carbocycles. The van der Waals surface area contributed by atoms with Crippen molar-refractivity contribution < 1.29 is 9.90 Å². The standard InChI is InChI=1S/C13H20BrNO2/c1-3-4-5-6-7-10(2)15-9-11(14)8-12(15)13(16)17/h8-10H,3-7H2,1-2H3,(H,16,17). The summed E-state index contributed by atoms with van der Waals surface area (Å²) in [6.07, 6.45) is 7.75. The molecule has 1 heterocycles. The lowest BCUT2D eigenvalue weighted by Crippen LogP contribution is -2.11. The van der Waals surface area contributed by atoms with Crippen LogP contribution in [0.1, 0.15) is 62.5 Å². The summed E-state index contributed by atoms with van der Waals surface area (Å²) in [5.41, 5.74) is 0.361. The van der Waals surface area contributed by atoms with Gasteiger partial charge in [-0.2, -0.15) is 0 Å². The van der Waals surface area contributed by atoms with Crippen LogP contribution in [-0.4, -0.2) is 15.6 Å². The van der Waals surface area contributed by atoms with Crippen LogP contribution in [0.5, 0.6) is 0 Å². The number of hydrogen-bond acceptors (Lipinski definition) is 1. The summed E-state index contributed by atoms with van der Waals surface area (Å²) in [6.45, 7) is 4.26. The highest BCUT2D eigenvalue weighted by molar-refractivity contribution is 9.10. The van der Waals surface area contributed by atoms with E-state index in [4.69, 9.17) is 5.11 Å². The third-order valence-corrected chi connectivity index (χ3v) is 3.42. The molecule has 3 nitrogen and oxygen atoms in total. The van der Waals surface area contributed by atoms with E-state index >= 15 is 0 Å². The molecule has 0 aliphatic carbocycles. The Hall–Kier alpha value is -0.770. The first-order chi connectivity index (χ1) is 8.06. The first-order valence-electron chi connectivity index (χ1n) is 6.17. The van der Waals surface area contributed by atoms with Crippen LogP contribution in [0.3, 0.4) is 0 Å². The van der Waals surface area contributed by atoms with E-state index in [-0.39, 0.29) is 6.04 Å². The Bertz CT molecular complexity index is 373. The lowest BCUT2D eigenvalue weighted by molar-refractivity contribution is 0.0682. The molecule has 1 unspecified atom stereocenters. The van der Waals surface area contributed by atoms with Crippen molar-refractivity contribution in [2.75, 3.05) is 0 Å². The fourth-order valence-corrected chi connectivity index (χ4v) is 2.42. The minimum Gasteiger partial charge on any atom is -0.477 e. The van der Waals surface area contributed by atoms with E-state index in [1.54, 1.807) is 6.07 Å². The Morgan fingerprint density at radius 1 is 1.47 bits per heavy atom. The van der Waals surface area contributed by atoms with Gasteiger partial charge in [0.25, 0.3) is 0 Å². The molecule has 4 heteroatoms. The van der Waals surface area contributed by atoms with Crippen molar-refractivity contribution in [2.45, 2.75) is 52.0 Å². The Morgan fingerprint density at radius 3 is 2.76 bits per heavy atom. The maximum Gasteiger partial charge on any atom is 0.352 e. The van der Waals surface area contributed by atoms with Crippen molar-refractivity contribution in [3.05, 3.63) is 22.4 Å². The summed E-state index contributed by atoms with van der Waals surface area (Å²) in [5, 5.41) is 9.10. The van der Waals surface area contributed by atoms with Gasteiger partial charge in [0.2, 0.25) is 0 Å². The molecule has 0 radical (unpaired) electrons. The van der Waals surface area contributed by atoms with Crippen molar-refractivity contribution in [3.8, 4) is 0 Å². The average Bonchev–Trinajstić information content (AvgIpc) is 2.66. The number of carboxylic acid groups (broad SMARTS) is 1. The van der Waals surface area contributed by atoms with Crippen LogP contribution in [-0.2, 0) is 0 Å². The van der Waals surface area contributed by atoms with Gasteiger partial charge in [0.05, 0.1) is 0 Å². The number of unbranched alkanes of at least 4 members (excludes halogenated alkanes) is 3. The highest BCUT2D eigenvalue weighted by atomic mass is 79.9. The number of rotatable bonds is 7. The van der Waals surface area contributed by atoms with Gasteiger partial charge in [-0.05, 0) is 35.3 Å². The zero-order valence-electron chi connectivity index (χ0n) is 10.4. The van der Waals surface area contributed by atoms with E-state index in [9.17, 15) is 4.79 Å². The number of halogens is 1. The van der Waals surface area contributed by atoms with Gasteiger partial charge in [-0.1, -0.05) is 32.6 Å². The molecule has 1 N–H and O–H groups in total. The smallest absolute Gasteiger partial charge is 0.352 e. The van der Waals surface area contributed by atoms with Gasteiger partial charge >= 0.3 is 5.97 Å². The first-order valence-corrected chi connectivity index (χ1v) is 6.96. The maximum absolute atomic E-state index is 11.1. The van der Waals surface area contributed by atoms with E-state index in [0.717, 1.165) is 17.3 Å². The van der Waals surface area contributed by atoms with E-state index in [0.29, 0.717) is 5.69 Å². The summed E-state index contributed by atoms with van der Waals surface area (Å²) in [7, 11) is 0. The Labute approximate surface area is 111 Å².